The number of rotatable bonds is 6. The fraction of sp³-hybridized carbons (Fsp3) is 0.250. The highest BCUT2D eigenvalue weighted by atomic mass is 32.2. The molecule has 4 rings (SSSR count). The predicted octanol–water partition coefficient (Wildman–Crippen LogP) is 6.59. The van der Waals surface area contributed by atoms with Gasteiger partial charge in [-0.05, 0) is 52.3 Å². The Morgan fingerprint density at radius 2 is 1.70 bits per heavy atom. The zero-order valence-corrected chi connectivity index (χ0v) is 19.3. The molecule has 4 aromatic rings. The van der Waals surface area contributed by atoms with Gasteiger partial charge in [-0.15, -0.1) is 21.5 Å². The van der Waals surface area contributed by atoms with Crippen LogP contribution in [0.3, 0.4) is 0 Å². The third-order valence-electron chi connectivity index (χ3n) is 4.89. The summed E-state index contributed by atoms with van der Waals surface area (Å²) in [4.78, 5) is 1.10. The number of thioether (sulfide) groups is 1. The van der Waals surface area contributed by atoms with E-state index in [2.05, 4.69) is 71.2 Å². The summed E-state index contributed by atoms with van der Waals surface area (Å²) in [5.74, 6) is 2.53. The van der Waals surface area contributed by atoms with E-state index in [0.717, 1.165) is 33.0 Å². The van der Waals surface area contributed by atoms with Crippen LogP contribution in [0.4, 0.5) is 0 Å². The van der Waals surface area contributed by atoms with Gasteiger partial charge in [0, 0.05) is 5.75 Å². The van der Waals surface area contributed by atoms with Crippen molar-refractivity contribution in [2.45, 2.75) is 37.1 Å². The molecule has 2 heterocycles. The molecule has 0 unspecified atom stereocenters. The second kappa shape index (κ2) is 8.66. The van der Waals surface area contributed by atoms with Crippen LogP contribution in [0.15, 0.2) is 71.2 Å². The summed E-state index contributed by atoms with van der Waals surface area (Å²) in [5.41, 5.74) is 3.80. The molecule has 0 aliphatic carbocycles. The molecule has 0 aliphatic rings. The van der Waals surface area contributed by atoms with Gasteiger partial charge in [-0.25, -0.2) is 0 Å². The Bertz CT molecular complexity index is 1090. The number of thiophene rings is 1. The third-order valence-corrected chi connectivity index (χ3v) is 6.76. The van der Waals surface area contributed by atoms with Crippen molar-refractivity contribution in [3.63, 3.8) is 0 Å². The van der Waals surface area contributed by atoms with Gasteiger partial charge < -0.3 is 4.74 Å². The molecule has 0 saturated heterocycles. The van der Waals surface area contributed by atoms with Crippen LogP contribution in [0.2, 0.25) is 0 Å². The number of ether oxygens (including phenoxy) is 1. The molecule has 0 atom stereocenters. The highest BCUT2D eigenvalue weighted by Gasteiger charge is 2.18. The summed E-state index contributed by atoms with van der Waals surface area (Å²) in [6, 6.07) is 21.0. The lowest BCUT2D eigenvalue weighted by atomic mass is 9.87. The summed E-state index contributed by atoms with van der Waals surface area (Å²) in [7, 11) is 1.68. The van der Waals surface area contributed by atoms with Gasteiger partial charge in [0.2, 0.25) is 0 Å². The van der Waals surface area contributed by atoms with Crippen molar-refractivity contribution in [2.75, 3.05) is 7.11 Å². The van der Waals surface area contributed by atoms with Crippen LogP contribution in [0, 0.1) is 0 Å². The molecule has 4 nitrogen and oxygen atoms in total. The fourth-order valence-electron chi connectivity index (χ4n) is 3.14. The first kappa shape index (κ1) is 20.7. The van der Waals surface area contributed by atoms with Crippen molar-refractivity contribution in [2.24, 2.45) is 0 Å². The monoisotopic (exact) mass is 435 g/mol. The van der Waals surface area contributed by atoms with Crippen molar-refractivity contribution >= 4 is 23.1 Å². The summed E-state index contributed by atoms with van der Waals surface area (Å²) >= 11 is 3.37. The Kier molecular flexibility index (Phi) is 5.97. The molecule has 0 radical (unpaired) electrons. The van der Waals surface area contributed by atoms with Gasteiger partial charge in [0.25, 0.3) is 0 Å². The third kappa shape index (κ3) is 4.45. The fourth-order valence-corrected chi connectivity index (χ4v) is 4.75. The first-order valence-corrected chi connectivity index (χ1v) is 11.7. The van der Waals surface area contributed by atoms with Crippen LogP contribution in [-0.2, 0) is 11.2 Å². The van der Waals surface area contributed by atoms with Gasteiger partial charge in [-0.2, -0.15) is 0 Å². The number of nitrogens with zero attached hydrogens (tertiary/aromatic N) is 3. The minimum atomic E-state index is 0.163. The predicted molar refractivity (Wildman–Crippen MR) is 126 cm³/mol. The molecule has 0 N–H and O–H groups in total. The molecule has 2 aromatic carbocycles. The van der Waals surface area contributed by atoms with Crippen LogP contribution in [0.1, 0.15) is 31.9 Å². The van der Waals surface area contributed by atoms with Crippen LogP contribution in [0.25, 0.3) is 16.4 Å². The second-order valence-corrected chi connectivity index (χ2v) is 9.94. The van der Waals surface area contributed by atoms with E-state index in [4.69, 9.17) is 4.74 Å². The van der Waals surface area contributed by atoms with Gasteiger partial charge in [-0.3, -0.25) is 4.57 Å². The summed E-state index contributed by atoms with van der Waals surface area (Å²) in [5, 5.41) is 12.0. The van der Waals surface area contributed by atoms with E-state index in [-0.39, 0.29) is 5.41 Å². The van der Waals surface area contributed by atoms with Crippen molar-refractivity contribution in [3.05, 3.63) is 77.2 Å². The molecule has 6 heteroatoms. The highest BCUT2D eigenvalue weighted by Crippen LogP contribution is 2.32. The van der Waals surface area contributed by atoms with E-state index in [9.17, 15) is 0 Å². The molecule has 0 spiro atoms. The normalized spacial score (nSPS) is 11.6. The number of benzene rings is 2. The average Bonchev–Trinajstić information content (AvgIpc) is 3.41. The minimum Gasteiger partial charge on any atom is -0.497 e. The van der Waals surface area contributed by atoms with Gasteiger partial charge in [0.05, 0.1) is 17.7 Å². The second-order valence-electron chi connectivity index (χ2n) is 8.05. The quantitative estimate of drug-likeness (QED) is 0.320. The number of hydrogen-bond donors (Lipinski definition) is 0. The maximum Gasteiger partial charge on any atom is 0.196 e. The number of methoxy groups -OCH3 is 1. The van der Waals surface area contributed by atoms with E-state index in [1.807, 2.05) is 30.3 Å². The minimum absolute atomic E-state index is 0.163. The Hall–Kier alpha value is -2.57. The molecule has 0 saturated carbocycles. The molecule has 0 amide bonds. The van der Waals surface area contributed by atoms with Crippen LogP contribution in [-0.4, -0.2) is 21.9 Å². The molecule has 0 fully saturated rings. The van der Waals surface area contributed by atoms with Crippen molar-refractivity contribution in [1.29, 1.82) is 0 Å². The van der Waals surface area contributed by atoms with Gasteiger partial charge >= 0.3 is 0 Å². The Morgan fingerprint density at radius 3 is 2.30 bits per heavy atom. The van der Waals surface area contributed by atoms with E-state index in [1.165, 1.54) is 11.1 Å². The Morgan fingerprint density at radius 1 is 0.967 bits per heavy atom. The van der Waals surface area contributed by atoms with Crippen LogP contribution in [0.5, 0.6) is 5.75 Å². The Balaban J connectivity index is 1.63. The zero-order chi connectivity index (χ0) is 21.1. The molecule has 154 valence electrons. The number of hydrogen-bond acceptors (Lipinski definition) is 5. The lowest BCUT2D eigenvalue weighted by molar-refractivity contribution is 0.414. The molecule has 2 aromatic heterocycles. The highest BCUT2D eigenvalue weighted by molar-refractivity contribution is 7.98. The molecular weight excluding hydrogens is 410 g/mol. The van der Waals surface area contributed by atoms with Crippen LogP contribution < -0.4 is 4.74 Å². The average molecular weight is 436 g/mol. The molecular formula is C24H25N3OS2. The summed E-state index contributed by atoms with van der Waals surface area (Å²) < 4.78 is 7.44. The lowest BCUT2D eigenvalue weighted by Crippen LogP contribution is -2.10. The van der Waals surface area contributed by atoms with Gasteiger partial charge in [-0.1, -0.05) is 62.9 Å². The SMILES string of the molecule is COc1ccc(-n2c(SCc3ccc(C(C)(C)C)cc3)nnc2-c2cccs2)cc1. The molecule has 0 bridgehead atoms. The largest absolute Gasteiger partial charge is 0.497 e. The van der Waals surface area contributed by atoms with Gasteiger partial charge in [0.15, 0.2) is 11.0 Å². The Labute approximate surface area is 185 Å². The number of aromatic nitrogens is 3. The summed E-state index contributed by atoms with van der Waals surface area (Å²) in [6.07, 6.45) is 0. The van der Waals surface area contributed by atoms with E-state index in [1.54, 1.807) is 30.2 Å². The first-order valence-electron chi connectivity index (χ1n) is 9.81. The van der Waals surface area contributed by atoms with E-state index >= 15 is 0 Å². The van der Waals surface area contributed by atoms with E-state index < -0.39 is 0 Å². The van der Waals surface area contributed by atoms with Crippen molar-refractivity contribution in [1.82, 2.24) is 14.8 Å². The topological polar surface area (TPSA) is 39.9 Å². The van der Waals surface area contributed by atoms with Crippen molar-refractivity contribution in [3.8, 4) is 22.1 Å². The lowest BCUT2D eigenvalue weighted by Gasteiger charge is -2.19. The van der Waals surface area contributed by atoms with Gasteiger partial charge in [0.1, 0.15) is 5.75 Å². The molecule has 30 heavy (non-hydrogen) atoms. The maximum atomic E-state index is 5.31. The first-order chi connectivity index (χ1) is 14.5. The maximum absolute atomic E-state index is 5.31. The summed E-state index contributed by atoms with van der Waals surface area (Å²) in [6.45, 7) is 6.71. The molecule has 0 aliphatic heterocycles. The van der Waals surface area contributed by atoms with Crippen molar-refractivity contribution < 1.29 is 4.74 Å². The smallest absolute Gasteiger partial charge is 0.196 e. The zero-order valence-electron chi connectivity index (χ0n) is 17.6. The van der Waals surface area contributed by atoms with Crippen LogP contribution >= 0.6 is 23.1 Å². The standard InChI is InChI=1S/C24H25N3OS2/c1-24(2,3)18-9-7-17(8-10-18)16-30-23-26-25-22(21-6-5-15-29-21)27(23)19-11-13-20(28-4)14-12-19/h5-15H,16H2,1-4H3. The van der Waals surface area contributed by atoms with E-state index in [0.29, 0.717) is 0 Å².